The van der Waals surface area contributed by atoms with Gasteiger partial charge in [-0.05, 0) is 24.1 Å². The molecule has 1 aromatic carbocycles. The van der Waals surface area contributed by atoms with Crippen molar-refractivity contribution in [1.82, 2.24) is 15.0 Å². The number of hydrogen-bond donors (Lipinski definition) is 2. The van der Waals surface area contributed by atoms with Gasteiger partial charge in [0.1, 0.15) is 17.0 Å². The third kappa shape index (κ3) is 4.48. The van der Waals surface area contributed by atoms with Crippen LogP contribution in [-0.2, 0) is 12.6 Å². The van der Waals surface area contributed by atoms with Crippen LogP contribution in [0.2, 0.25) is 0 Å². The van der Waals surface area contributed by atoms with Crippen LogP contribution in [0.3, 0.4) is 0 Å². The fourth-order valence-corrected chi connectivity index (χ4v) is 4.15. The lowest BCUT2D eigenvalue weighted by Crippen LogP contribution is -2.09. The summed E-state index contributed by atoms with van der Waals surface area (Å²) in [5.41, 5.74) is 0.998. The molecule has 2 N–H and O–H groups in total. The highest BCUT2D eigenvalue weighted by Crippen LogP contribution is 2.40. The Bertz CT molecular complexity index is 1250. The number of benzene rings is 1. The van der Waals surface area contributed by atoms with Crippen LogP contribution in [0.25, 0.3) is 21.5 Å². The van der Waals surface area contributed by atoms with Gasteiger partial charge in [0.05, 0.1) is 21.7 Å². The predicted octanol–water partition coefficient (Wildman–Crippen LogP) is 5.12. The summed E-state index contributed by atoms with van der Waals surface area (Å²) in [5, 5.41) is 13.3. The molecule has 4 aromatic rings. The molecule has 0 radical (unpaired) electrons. The van der Waals surface area contributed by atoms with Gasteiger partial charge in [-0.2, -0.15) is 13.2 Å². The Morgan fingerprint density at radius 2 is 1.90 bits per heavy atom. The van der Waals surface area contributed by atoms with Gasteiger partial charge in [0.15, 0.2) is 0 Å². The van der Waals surface area contributed by atoms with E-state index in [1.807, 2.05) is 30.3 Å². The molecular formula is C21H15F3N4O2S. The number of hydrogen-bond acceptors (Lipinski definition) is 6. The Hall–Kier alpha value is -3.53. The molecule has 0 aliphatic rings. The van der Waals surface area contributed by atoms with Gasteiger partial charge in [0, 0.05) is 24.2 Å². The first-order valence-electron chi connectivity index (χ1n) is 9.16. The zero-order chi connectivity index (χ0) is 22.0. The summed E-state index contributed by atoms with van der Waals surface area (Å²) in [6.07, 6.45) is -1.14. The quantitative estimate of drug-likeness (QED) is 0.429. The minimum absolute atomic E-state index is 0.105. The number of carbonyl (C=O) groups is 1. The monoisotopic (exact) mass is 444 g/mol. The lowest BCUT2D eigenvalue weighted by atomic mass is 10.1. The average Bonchev–Trinajstić information content (AvgIpc) is 3.21. The van der Waals surface area contributed by atoms with E-state index in [9.17, 15) is 18.0 Å². The Morgan fingerprint density at radius 1 is 1.10 bits per heavy atom. The van der Waals surface area contributed by atoms with Crippen LogP contribution in [-0.4, -0.2) is 32.6 Å². The normalized spacial score (nSPS) is 11.6. The van der Waals surface area contributed by atoms with Crippen LogP contribution >= 0.6 is 11.3 Å². The number of pyridine rings is 1. The number of aromatic nitrogens is 3. The molecular weight excluding hydrogens is 429 g/mol. The topological polar surface area (TPSA) is 88.0 Å². The molecule has 158 valence electrons. The standard InChI is InChI=1S/C21H15F3N4O2S/c22-21(23,24)14-9-16(31-19(14)20(29)30)15-10-17(28-11-27-15)25-8-6-13-4-1-3-12-5-2-7-26-18(12)13/h1-5,7,9-11H,6,8H2,(H,29,30)(H,25,27,28). The van der Waals surface area contributed by atoms with E-state index in [4.69, 9.17) is 5.11 Å². The molecule has 10 heteroatoms. The van der Waals surface area contributed by atoms with Crippen molar-refractivity contribution >= 4 is 34.0 Å². The number of carboxylic acid groups (broad SMARTS) is 1. The second-order valence-corrected chi connectivity index (χ2v) is 7.67. The molecule has 0 saturated heterocycles. The van der Waals surface area contributed by atoms with Gasteiger partial charge in [-0.3, -0.25) is 4.98 Å². The highest BCUT2D eigenvalue weighted by molar-refractivity contribution is 7.17. The van der Waals surface area contributed by atoms with Crippen LogP contribution in [0.5, 0.6) is 0 Å². The molecule has 0 aliphatic heterocycles. The van der Waals surface area contributed by atoms with Gasteiger partial charge in [-0.1, -0.05) is 24.3 Å². The Morgan fingerprint density at radius 3 is 2.65 bits per heavy atom. The summed E-state index contributed by atoms with van der Waals surface area (Å²) in [6, 6.07) is 12.1. The smallest absolute Gasteiger partial charge is 0.418 e. The molecule has 3 heterocycles. The van der Waals surface area contributed by atoms with Gasteiger partial charge in [0.25, 0.3) is 0 Å². The highest BCUT2D eigenvalue weighted by Gasteiger charge is 2.37. The third-order valence-electron chi connectivity index (χ3n) is 4.57. The number of thiophene rings is 1. The lowest BCUT2D eigenvalue weighted by Gasteiger charge is -2.08. The first-order valence-corrected chi connectivity index (χ1v) is 9.98. The zero-order valence-electron chi connectivity index (χ0n) is 15.8. The maximum Gasteiger partial charge on any atom is 0.418 e. The van der Waals surface area contributed by atoms with E-state index in [-0.39, 0.29) is 10.6 Å². The maximum atomic E-state index is 13.1. The van der Waals surface area contributed by atoms with Crippen molar-refractivity contribution in [2.75, 3.05) is 11.9 Å². The second kappa shape index (κ2) is 8.31. The number of nitrogens with zero attached hydrogens (tertiary/aromatic N) is 3. The van der Waals surface area contributed by atoms with Crippen LogP contribution in [0.4, 0.5) is 19.0 Å². The number of nitrogens with one attached hydrogen (secondary N) is 1. The first kappa shape index (κ1) is 20.7. The molecule has 0 amide bonds. The number of alkyl halides is 3. The maximum absolute atomic E-state index is 13.1. The molecule has 0 bridgehead atoms. The van der Waals surface area contributed by atoms with Crippen molar-refractivity contribution < 1.29 is 23.1 Å². The van der Waals surface area contributed by atoms with E-state index in [1.54, 1.807) is 6.20 Å². The van der Waals surface area contributed by atoms with Crippen molar-refractivity contribution in [2.24, 2.45) is 0 Å². The van der Waals surface area contributed by atoms with Crippen LogP contribution in [0.15, 0.2) is 55.0 Å². The minimum atomic E-state index is -4.76. The number of carboxylic acids is 1. The minimum Gasteiger partial charge on any atom is -0.477 e. The SMILES string of the molecule is O=C(O)c1sc(-c2cc(NCCc3cccc4cccnc34)ncn2)cc1C(F)(F)F. The van der Waals surface area contributed by atoms with Crippen molar-refractivity contribution in [3.63, 3.8) is 0 Å². The molecule has 0 atom stereocenters. The average molecular weight is 444 g/mol. The Labute approximate surface area is 178 Å². The molecule has 0 aliphatic carbocycles. The van der Waals surface area contributed by atoms with E-state index >= 15 is 0 Å². The summed E-state index contributed by atoms with van der Waals surface area (Å²) in [4.78, 5) is 23.1. The van der Waals surface area contributed by atoms with Gasteiger partial charge >= 0.3 is 12.1 Å². The van der Waals surface area contributed by atoms with Crippen LogP contribution in [0, 0.1) is 0 Å². The summed E-state index contributed by atoms with van der Waals surface area (Å²) < 4.78 is 39.4. The van der Waals surface area contributed by atoms with Crippen molar-refractivity contribution in [3.8, 4) is 10.6 Å². The number of halogens is 3. The highest BCUT2D eigenvalue weighted by atomic mass is 32.1. The lowest BCUT2D eigenvalue weighted by molar-refractivity contribution is -0.137. The van der Waals surface area contributed by atoms with E-state index in [0.29, 0.717) is 30.1 Å². The number of anilines is 1. The first-order chi connectivity index (χ1) is 14.8. The van der Waals surface area contributed by atoms with Crippen molar-refractivity contribution in [1.29, 1.82) is 0 Å². The number of fused-ring (bicyclic) bond motifs is 1. The van der Waals surface area contributed by atoms with E-state index in [2.05, 4.69) is 20.3 Å². The molecule has 0 saturated carbocycles. The molecule has 31 heavy (non-hydrogen) atoms. The molecule has 0 fully saturated rings. The van der Waals surface area contributed by atoms with Crippen molar-refractivity contribution in [3.05, 3.63) is 71.0 Å². The summed E-state index contributed by atoms with van der Waals surface area (Å²) in [6.45, 7) is 0.519. The van der Waals surface area contributed by atoms with Crippen LogP contribution < -0.4 is 5.32 Å². The van der Waals surface area contributed by atoms with E-state index in [1.165, 1.54) is 12.4 Å². The summed E-state index contributed by atoms with van der Waals surface area (Å²) >= 11 is 0.533. The molecule has 6 nitrogen and oxygen atoms in total. The third-order valence-corrected chi connectivity index (χ3v) is 5.71. The predicted molar refractivity (Wildman–Crippen MR) is 111 cm³/mol. The zero-order valence-corrected chi connectivity index (χ0v) is 16.7. The van der Waals surface area contributed by atoms with Gasteiger partial charge < -0.3 is 10.4 Å². The van der Waals surface area contributed by atoms with Gasteiger partial charge in [-0.25, -0.2) is 14.8 Å². The summed E-state index contributed by atoms with van der Waals surface area (Å²) in [7, 11) is 0. The largest absolute Gasteiger partial charge is 0.477 e. The van der Waals surface area contributed by atoms with Gasteiger partial charge in [0.2, 0.25) is 0 Å². The second-order valence-electron chi connectivity index (χ2n) is 6.61. The molecule has 4 rings (SSSR count). The van der Waals surface area contributed by atoms with E-state index < -0.39 is 22.6 Å². The van der Waals surface area contributed by atoms with Crippen molar-refractivity contribution in [2.45, 2.75) is 12.6 Å². The Balaban J connectivity index is 1.52. The number of aromatic carboxylic acids is 1. The fraction of sp³-hybridized carbons (Fsp3) is 0.143. The van der Waals surface area contributed by atoms with E-state index in [0.717, 1.165) is 22.5 Å². The summed E-state index contributed by atoms with van der Waals surface area (Å²) in [5.74, 6) is -1.20. The molecule has 0 unspecified atom stereocenters. The molecule has 0 spiro atoms. The molecule has 3 aromatic heterocycles. The number of para-hydroxylation sites is 1. The van der Waals surface area contributed by atoms with Gasteiger partial charge in [-0.15, -0.1) is 11.3 Å². The fourth-order valence-electron chi connectivity index (χ4n) is 3.17. The number of rotatable bonds is 6. The van der Waals surface area contributed by atoms with Crippen LogP contribution in [0.1, 0.15) is 20.8 Å². The Kier molecular flexibility index (Phi) is 5.55.